The first-order valence-electron chi connectivity index (χ1n) is 3.83. The maximum Gasteiger partial charge on any atom is 0.229 e. The van der Waals surface area contributed by atoms with E-state index in [-0.39, 0.29) is 0 Å². The summed E-state index contributed by atoms with van der Waals surface area (Å²) in [5, 5.41) is 0. The summed E-state index contributed by atoms with van der Waals surface area (Å²) in [5.74, 6) is 0.585. The normalized spacial score (nSPS) is 11.0. The average molecular weight is 216 g/mol. The zero-order chi connectivity index (χ0) is 10.8. The van der Waals surface area contributed by atoms with Crippen LogP contribution in [-0.4, -0.2) is 21.8 Å². The molecule has 0 aliphatic carbocycles. The van der Waals surface area contributed by atoms with Crippen molar-refractivity contribution in [2.45, 2.75) is 0 Å². The third kappa shape index (κ3) is 2.81. The lowest BCUT2D eigenvalue weighted by Crippen LogP contribution is -2.11. The van der Waals surface area contributed by atoms with Crippen molar-refractivity contribution in [3.63, 3.8) is 0 Å². The van der Waals surface area contributed by atoms with E-state index in [1.54, 1.807) is 18.2 Å². The SMILES string of the molecule is COc1ccc(NS(C)(=O)=O)c(N)c1. The molecule has 0 saturated carbocycles. The van der Waals surface area contributed by atoms with E-state index >= 15 is 0 Å². The van der Waals surface area contributed by atoms with Gasteiger partial charge >= 0.3 is 0 Å². The van der Waals surface area contributed by atoms with Crippen LogP contribution >= 0.6 is 0 Å². The van der Waals surface area contributed by atoms with Crippen LogP contribution in [-0.2, 0) is 10.0 Å². The molecule has 0 aliphatic rings. The highest BCUT2D eigenvalue weighted by molar-refractivity contribution is 7.92. The summed E-state index contributed by atoms with van der Waals surface area (Å²) in [4.78, 5) is 0. The van der Waals surface area contributed by atoms with Gasteiger partial charge in [0.25, 0.3) is 0 Å². The van der Waals surface area contributed by atoms with Crippen molar-refractivity contribution in [3.8, 4) is 5.75 Å². The molecule has 3 N–H and O–H groups in total. The fourth-order valence-corrected chi connectivity index (χ4v) is 1.55. The van der Waals surface area contributed by atoms with Crippen LogP contribution in [0, 0.1) is 0 Å². The molecule has 1 aromatic carbocycles. The molecule has 0 radical (unpaired) electrons. The van der Waals surface area contributed by atoms with Crippen molar-refractivity contribution in [2.75, 3.05) is 23.8 Å². The fraction of sp³-hybridized carbons (Fsp3) is 0.250. The summed E-state index contributed by atoms with van der Waals surface area (Å²) < 4.78 is 29.0. The number of nitrogens with two attached hydrogens (primary N) is 1. The van der Waals surface area contributed by atoms with Crippen LogP contribution in [0.4, 0.5) is 11.4 Å². The molecule has 0 fully saturated rings. The number of benzene rings is 1. The van der Waals surface area contributed by atoms with E-state index in [0.29, 0.717) is 17.1 Å². The maximum absolute atomic E-state index is 10.9. The first-order chi connectivity index (χ1) is 6.42. The Labute approximate surface area is 82.9 Å². The predicted molar refractivity (Wildman–Crippen MR) is 55.9 cm³/mol. The second-order valence-electron chi connectivity index (χ2n) is 2.83. The van der Waals surface area contributed by atoms with Crippen LogP contribution in [0.25, 0.3) is 0 Å². The molecule has 14 heavy (non-hydrogen) atoms. The number of hydrogen-bond acceptors (Lipinski definition) is 4. The van der Waals surface area contributed by atoms with E-state index in [9.17, 15) is 8.42 Å². The third-order valence-electron chi connectivity index (χ3n) is 1.55. The minimum Gasteiger partial charge on any atom is -0.497 e. The standard InChI is InChI=1S/C8H12N2O3S/c1-13-6-3-4-8(7(9)5-6)10-14(2,11)12/h3-5,10H,9H2,1-2H3. The maximum atomic E-state index is 10.9. The molecule has 0 bridgehead atoms. The Morgan fingerprint density at radius 2 is 2.07 bits per heavy atom. The monoisotopic (exact) mass is 216 g/mol. The second-order valence-corrected chi connectivity index (χ2v) is 4.58. The first-order valence-corrected chi connectivity index (χ1v) is 5.73. The second kappa shape index (κ2) is 3.75. The summed E-state index contributed by atoms with van der Waals surface area (Å²) in [6.07, 6.45) is 1.07. The molecule has 0 saturated heterocycles. The Morgan fingerprint density at radius 3 is 2.50 bits per heavy atom. The zero-order valence-corrected chi connectivity index (χ0v) is 8.76. The zero-order valence-electron chi connectivity index (χ0n) is 7.94. The number of methoxy groups -OCH3 is 1. The highest BCUT2D eigenvalue weighted by Gasteiger charge is 2.05. The molecule has 6 heteroatoms. The molecule has 0 spiro atoms. The van der Waals surface area contributed by atoms with E-state index < -0.39 is 10.0 Å². The van der Waals surface area contributed by atoms with Crippen LogP contribution in [0.15, 0.2) is 18.2 Å². The van der Waals surface area contributed by atoms with Gasteiger partial charge in [-0.05, 0) is 12.1 Å². The molecule has 0 aromatic heterocycles. The molecule has 0 amide bonds. The van der Waals surface area contributed by atoms with E-state index in [2.05, 4.69) is 4.72 Å². The summed E-state index contributed by atoms with van der Waals surface area (Å²) in [7, 11) is -1.78. The average Bonchev–Trinajstić information content (AvgIpc) is 2.06. The molecule has 0 aliphatic heterocycles. The largest absolute Gasteiger partial charge is 0.497 e. The molecular weight excluding hydrogens is 204 g/mol. The number of anilines is 2. The van der Waals surface area contributed by atoms with Gasteiger partial charge in [0.1, 0.15) is 5.75 Å². The van der Waals surface area contributed by atoms with E-state index in [4.69, 9.17) is 10.5 Å². The quantitative estimate of drug-likeness (QED) is 0.727. The number of nitrogens with one attached hydrogen (secondary N) is 1. The van der Waals surface area contributed by atoms with Crippen molar-refractivity contribution in [2.24, 2.45) is 0 Å². The lowest BCUT2D eigenvalue weighted by molar-refractivity contribution is 0.415. The summed E-state index contributed by atoms with van der Waals surface area (Å²) in [6.45, 7) is 0. The Balaban J connectivity index is 3.01. The molecule has 1 rings (SSSR count). The van der Waals surface area contributed by atoms with Gasteiger partial charge in [-0.25, -0.2) is 8.42 Å². The molecule has 5 nitrogen and oxygen atoms in total. The van der Waals surface area contributed by atoms with Crippen molar-refractivity contribution >= 4 is 21.4 Å². The highest BCUT2D eigenvalue weighted by atomic mass is 32.2. The molecule has 1 aromatic rings. The summed E-state index contributed by atoms with van der Waals surface area (Å²) in [6, 6.07) is 4.73. The molecule has 78 valence electrons. The van der Waals surface area contributed by atoms with Crippen LogP contribution in [0.2, 0.25) is 0 Å². The number of ether oxygens (including phenoxy) is 1. The van der Waals surface area contributed by atoms with Crippen LogP contribution < -0.4 is 15.2 Å². The van der Waals surface area contributed by atoms with Crippen molar-refractivity contribution in [3.05, 3.63) is 18.2 Å². The Morgan fingerprint density at radius 1 is 1.43 bits per heavy atom. The van der Waals surface area contributed by atoms with E-state index in [1.807, 2.05) is 0 Å². The fourth-order valence-electron chi connectivity index (χ4n) is 0.960. The lowest BCUT2D eigenvalue weighted by Gasteiger charge is -2.08. The van der Waals surface area contributed by atoms with Gasteiger partial charge in [0.05, 0.1) is 24.7 Å². The smallest absolute Gasteiger partial charge is 0.229 e. The van der Waals surface area contributed by atoms with Gasteiger partial charge < -0.3 is 10.5 Å². The minimum absolute atomic E-state index is 0.328. The van der Waals surface area contributed by atoms with Gasteiger partial charge in [0, 0.05) is 6.07 Å². The lowest BCUT2D eigenvalue weighted by atomic mass is 10.2. The van der Waals surface area contributed by atoms with Crippen LogP contribution in [0.5, 0.6) is 5.75 Å². The van der Waals surface area contributed by atoms with Gasteiger partial charge in [0.15, 0.2) is 0 Å². The number of nitrogen functional groups attached to an aromatic ring is 1. The van der Waals surface area contributed by atoms with Crippen molar-refractivity contribution < 1.29 is 13.2 Å². The van der Waals surface area contributed by atoms with Gasteiger partial charge in [-0.3, -0.25) is 4.72 Å². The van der Waals surface area contributed by atoms with Gasteiger partial charge in [-0.1, -0.05) is 0 Å². The van der Waals surface area contributed by atoms with Gasteiger partial charge in [0.2, 0.25) is 10.0 Å². The Hall–Kier alpha value is -1.43. The number of sulfonamides is 1. The van der Waals surface area contributed by atoms with Crippen LogP contribution in [0.1, 0.15) is 0 Å². The topological polar surface area (TPSA) is 81.4 Å². The van der Waals surface area contributed by atoms with E-state index in [1.165, 1.54) is 7.11 Å². The predicted octanol–water partition coefficient (Wildman–Crippen LogP) is 0.649. The molecule has 0 atom stereocenters. The van der Waals surface area contributed by atoms with Gasteiger partial charge in [-0.15, -0.1) is 0 Å². The van der Waals surface area contributed by atoms with Crippen molar-refractivity contribution in [1.82, 2.24) is 0 Å². The highest BCUT2D eigenvalue weighted by Crippen LogP contribution is 2.24. The third-order valence-corrected chi connectivity index (χ3v) is 2.14. The Bertz CT molecular complexity index is 428. The molecule has 0 unspecified atom stereocenters. The van der Waals surface area contributed by atoms with Crippen LogP contribution in [0.3, 0.4) is 0 Å². The minimum atomic E-state index is -3.29. The molecular formula is C8H12N2O3S. The first kappa shape index (κ1) is 10.6. The summed E-state index contributed by atoms with van der Waals surface area (Å²) in [5.41, 5.74) is 6.28. The number of hydrogen-bond donors (Lipinski definition) is 2. The van der Waals surface area contributed by atoms with Gasteiger partial charge in [-0.2, -0.15) is 0 Å². The Kier molecular flexibility index (Phi) is 2.85. The van der Waals surface area contributed by atoms with E-state index in [0.717, 1.165) is 6.26 Å². The van der Waals surface area contributed by atoms with Crippen molar-refractivity contribution in [1.29, 1.82) is 0 Å². The number of rotatable bonds is 3. The summed E-state index contributed by atoms with van der Waals surface area (Å²) >= 11 is 0. The molecule has 0 heterocycles.